The Bertz CT molecular complexity index is 457. The van der Waals surface area contributed by atoms with Gasteiger partial charge in [0.15, 0.2) is 0 Å². The maximum Gasteiger partial charge on any atom is 0.141 e. The maximum atomic E-state index is 13.4. The molecule has 96 valence electrons. The van der Waals surface area contributed by atoms with Crippen molar-refractivity contribution in [3.63, 3.8) is 0 Å². The largest absolute Gasteiger partial charge is 0.299 e. The van der Waals surface area contributed by atoms with Gasteiger partial charge in [0, 0.05) is 18.4 Å². The minimum absolute atomic E-state index is 0.112. The Morgan fingerprint density at radius 2 is 1.83 bits per heavy atom. The summed E-state index contributed by atoms with van der Waals surface area (Å²) < 4.78 is 26.8. The van der Waals surface area contributed by atoms with Gasteiger partial charge in [-0.25, -0.2) is 8.78 Å². The van der Waals surface area contributed by atoms with E-state index < -0.39 is 11.6 Å². The first-order valence-electron chi connectivity index (χ1n) is 6.29. The Hall–Kier alpha value is -1.51. The Morgan fingerprint density at radius 3 is 2.44 bits per heavy atom. The second-order valence-electron chi connectivity index (χ2n) is 4.70. The second kappa shape index (κ2) is 5.89. The van der Waals surface area contributed by atoms with Crippen LogP contribution in [0.2, 0.25) is 0 Å². The van der Waals surface area contributed by atoms with Crippen LogP contribution in [0.3, 0.4) is 0 Å². The van der Waals surface area contributed by atoms with Crippen LogP contribution in [-0.4, -0.2) is 5.78 Å². The number of halogens is 2. The van der Waals surface area contributed by atoms with Crippen molar-refractivity contribution >= 4 is 5.78 Å². The Morgan fingerprint density at radius 1 is 1.11 bits per heavy atom. The number of Topliss-reactive ketones (excluding diaryl/α,β-unsaturated/α-hetero) is 1. The number of ketones is 1. The number of hydrogen-bond donors (Lipinski definition) is 0. The van der Waals surface area contributed by atoms with E-state index in [0.717, 1.165) is 24.8 Å². The summed E-state index contributed by atoms with van der Waals surface area (Å²) in [4.78, 5) is 11.8. The molecule has 1 aromatic rings. The zero-order valence-electron chi connectivity index (χ0n) is 10.2. The maximum absolute atomic E-state index is 13.4. The van der Waals surface area contributed by atoms with Gasteiger partial charge in [0.05, 0.1) is 0 Å². The van der Waals surface area contributed by atoms with Gasteiger partial charge in [-0.2, -0.15) is 0 Å². The van der Waals surface area contributed by atoms with Crippen LogP contribution < -0.4 is 0 Å². The molecule has 0 spiro atoms. The molecule has 1 aromatic carbocycles. The smallest absolute Gasteiger partial charge is 0.141 e. The Balaban J connectivity index is 2.01. The van der Waals surface area contributed by atoms with E-state index in [-0.39, 0.29) is 17.8 Å². The third-order valence-electron chi connectivity index (χ3n) is 3.24. The van der Waals surface area contributed by atoms with Crippen LogP contribution >= 0.6 is 0 Å². The number of carbonyl (C=O) groups excluding carboxylic acids is 1. The fraction of sp³-hybridized carbons (Fsp3) is 0.400. The van der Waals surface area contributed by atoms with Gasteiger partial charge < -0.3 is 0 Å². The molecule has 0 heterocycles. The van der Waals surface area contributed by atoms with Gasteiger partial charge in [-0.15, -0.1) is 0 Å². The van der Waals surface area contributed by atoms with Gasteiger partial charge in [-0.3, -0.25) is 4.79 Å². The van der Waals surface area contributed by atoms with E-state index in [4.69, 9.17) is 0 Å². The van der Waals surface area contributed by atoms with Crippen molar-refractivity contribution in [1.82, 2.24) is 0 Å². The van der Waals surface area contributed by atoms with E-state index in [1.165, 1.54) is 24.6 Å². The minimum Gasteiger partial charge on any atom is -0.299 e. The van der Waals surface area contributed by atoms with Crippen LogP contribution in [0.1, 0.15) is 37.7 Å². The quantitative estimate of drug-likeness (QED) is 0.739. The highest BCUT2D eigenvalue weighted by Gasteiger charge is 2.15. The molecule has 0 atom stereocenters. The van der Waals surface area contributed by atoms with E-state index in [1.54, 1.807) is 0 Å². The predicted octanol–water partition coefficient (Wildman–Crippen LogP) is 3.97. The topological polar surface area (TPSA) is 17.1 Å². The van der Waals surface area contributed by atoms with E-state index in [9.17, 15) is 13.6 Å². The Labute approximate surface area is 106 Å². The first-order chi connectivity index (χ1) is 8.66. The van der Waals surface area contributed by atoms with Crippen molar-refractivity contribution in [1.29, 1.82) is 0 Å². The fourth-order valence-corrected chi connectivity index (χ4v) is 2.28. The van der Waals surface area contributed by atoms with Crippen molar-refractivity contribution in [2.45, 2.75) is 38.5 Å². The molecular weight excluding hydrogens is 234 g/mol. The molecule has 0 bridgehead atoms. The van der Waals surface area contributed by atoms with Crippen molar-refractivity contribution in [2.24, 2.45) is 0 Å². The van der Waals surface area contributed by atoms with Gasteiger partial charge in [-0.05, 0) is 37.8 Å². The molecule has 2 rings (SSSR count). The average molecular weight is 250 g/mol. The van der Waals surface area contributed by atoms with Crippen LogP contribution in [0.5, 0.6) is 0 Å². The van der Waals surface area contributed by atoms with Gasteiger partial charge >= 0.3 is 0 Å². The van der Waals surface area contributed by atoms with E-state index in [0.29, 0.717) is 6.42 Å². The van der Waals surface area contributed by atoms with Crippen LogP contribution in [0, 0.1) is 11.6 Å². The molecule has 0 N–H and O–H groups in total. The molecule has 0 saturated heterocycles. The summed E-state index contributed by atoms with van der Waals surface area (Å²) in [5, 5.41) is 0. The number of rotatable bonds is 4. The first-order valence-corrected chi connectivity index (χ1v) is 6.29. The Kier molecular flexibility index (Phi) is 4.24. The van der Waals surface area contributed by atoms with Gasteiger partial charge in [0.25, 0.3) is 0 Å². The van der Waals surface area contributed by atoms with Gasteiger partial charge in [0.1, 0.15) is 17.4 Å². The molecule has 0 unspecified atom stereocenters. The molecule has 0 aliphatic heterocycles. The monoisotopic (exact) mass is 250 g/mol. The lowest BCUT2D eigenvalue weighted by Gasteiger charge is -2.12. The summed E-state index contributed by atoms with van der Waals surface area (Å²) >= 11 is 0. The lowest BCUT2D eigenvalue weighted by molar-refractivity contribution is -0.117. The highest BCUT2D eigenvalue weighted by Crippen LogP contribution is 2.21. The number of carbonyl (C=O) groups is 1. The zero-order chi connectivity index (χ0) is 13.0. The van der Waals surface area contributed by atoms with E-state index in [1.807, 2.05) is 0 Å². The molecule has 18 heavy (non-hydrogen) atoms. The van der Waals surface area contributed by atoms with Crippen LogP contribution in [0.4, 0.5) is 8.78 Å². The van der Waals surface area contributed by atoms with Crippen LogP contribution in [0.15, 0.2) is 29.8 Å². The summed E-state index contributed by atoms with van der Waals surface area (Å²) in [6, 6.07) is 3.68. The van der Waals surface area contributed by atoms with Gasteiger partial charge in [-0.1, -0.05) is 17.7 Å². The molecule has 0 saturated carbocycles. The second-order valence-corrected chi connectivity index (χ2v) is 4.70. The molecule has 3 heteroatoms. The van der Waals surface area contributed by atoms with Crippen LogP contribution in [0.25, 0.3) is 0 Å². The fourth-order valence-electron chi connectivity index (χ4n) is 2.28. The molecule has 0 fully saturated rings. The molecule has 0 amide bonds. The van der Waals surface area contributed by atoms with E-state index >= 15 is 0 Å². The molecule has 0 radical (unpaired) electrons. The summed E-state index contributed by atoms with van der Waals surface area (Å²) in [7, 11) is 0. The predicted molar refractivity (Wildman–Crippen MR) is 66.2 cm³/mol. The first kappa shape index (κ1) is 12.9. The van der Waals surface area contributed by atoms with Crippen molar-refractivity contribution in [3.8, 4) is 0 Å². The lowest BCUT2D eigenvalue weighted by Crippen LogP contribution is -2.08. The SMILES string of the molecule is O=C(CC1=CCCCC1)Cc1c(F)cccc1F. The van der Waals surface area contributed by atoms with E-state index in [2.05, 4.69) is 6.08 Å². The molecule has 1 aliphatic carbocycles. The lowest BCUT2D eigenvalue weighted by atomic mass is 9.94. The minimum atomic E-state index is -0.638. The normalized spacial score (nSPS) is 15.3. The average Bonchev–Trinajstić information content (AvgIpc) is 2.35. The summed E-state index contributed by atoms with van der Waals surface area (Å²) in [5.74, 6) is -1.39. The van der Waals surface area contributed by atoms with Crippen LogP contribution in [-0.2, 0) is 11.2 Å². The summed E-state index contributed by atoms with van der Waals surface area (Å²) in [5.41, 5.74) is 1.00. The standard InChI is InChI=1S/C15H16F2O/c16-14-7-4-8-15(17)13(14)10-12(18)9-11-5-2-1-3-6-11/h4-5,7-8H,1-3,6,9-10H2. The number of allylic oxidation sites excluding steroid dienone is 2. The van der Waals surface area contributed by atoms with Gasteiger partial charge in [0.2, 0.25) is 0 Å². The van der Waals surface area contributed by atoms with Crippen molar-refractivity contribution in [3.05, 3.63) is 47.0 Å². The molecule has 1 aliphatic rings. The van der Waals surface area contributed by atoms with Crippen molar-refractivity contribution in [2.75, 3.05) is 0 Å². The number of benzene rings is 1. The summed E-state index contributed by atoms with van der Waals surface area (Å²) in [6.07, 6.45) is 6.47. The number of hydrogen-bond acceptors (Lipinski definition) is 1. The third kappa shape index (κ3) is 3.25. The molecular formula is C15H16F2O. The highest BCUT2D eigenvalue weighted by molar-refractivity contribution is 5.83. The third-order valence-corrected chi connectivity index (χ3v) is 3.24. The highest BCUT2D eigenvalue weighted by atomic mass is 19.1. The molecule has 1 nitrogen and oxygen atoms in total. The molecule has 0 aromatic heterocycles. The summed E-state index contributed by atoms with van der Waals surface area (Å²) in [6.45, 7) is 0. The van der Waals surface area contributed by atoms with Crippen molar-refractivity contribution < 1.29 is 13.6 Å². The zero-order valence-corrected chi connectivity index (χ0v) is 10.2.